The van der Waals surface area contributed by atoms with Crippen LogP contribution in [0.2, 0.25) is 0 Å². The molecule has 0 atom stereocenters. The molecule has 0 saturated carbocycles. The van der Waals surface area contributed by atoms with E-state index in [1.807, 2.05) is 24.3 Å². The summed E-state index contributed by atoms with van der Waals surface area (Å²) in [6.45, 7) is 0. The van der Waals surface area contributed by atoms with Crippen LogP contribution in [-0.2, 0) is 0 Å². The Hall–Kier alpha value is -2.64. The van der Waals surface area contributed by atoms with Crippen LogP contribution in [0.1, 0.15) is 10.6 Å². The summed E-state index contributed by atoms with van der Waals surface area (Å²) in [5, 5.41) is 2.59. The van der Waals surface area contributed by atoms with Gasteiger partial charge in [-0.3, -0.25) is 0 Å². The predicted molar refractivity (Wildman–Crippen MR) is 122 cm³/mol. The van der Waals surface area contributed by atoms with Gasteiger partial charge in [0.25, 0.3) is 0 Å². The molecule has 2 heterocycles. The number of hydrogen-bond donors (Lipinski definition) is 0. The summed E-state index contributed by atoms with van der Waals surface area (Å²) in [7, 11) is -0.154. The van der Waals surface area contributed by atoms with Crippen molar-refractivity contribution in [3.05, 3.63) is 94.5 Å². The number of halogens is 1. The molecule has 0 amide bonds. The third-order valence-electron chi connectivity index (χ3n) is 4.54. The first-order chi connectivity index (χ1) is 13.7. The van der Waals surface area contributed by atoms with Crippen LogP contribution >= 0.6 is 33.1 Å². The van der Waals surface area contributed by atoms with Gasteiger partial charge in [0, 0.05) is 39.4 Å². The summed E-state index contributed by atoms with van der Waals surface area (Å²) in [5.74, 6) is 0.216. The summed E-state index contributed by atoms with van der Waals surface area (Å²) in [6, 6.07) is 26.5. The minimum Gasteiger partial charge on any atom is -0.456 e. The normalized spacial score (nSPS) is 11.2. The van der Waals surface area contributed by atoms with E-state index in [0.29, 0.717) is 5.75 Å². The van der Waals surface area contributed by atoms with Gasteiger partial charge in [-0.2, -0.15) is 0 Å². The molecule has 0 aliphatic carbocycles. The molecule has 0 N–H and O–H groups in total. The second kappa shape index (κ2) is 7.07. The average Bonchev–Trinajstić information content (AvgIpc) is 3.30. The molecule has 3 nitrogen and oxygen atoms in total. The van der Waals surface area contributed by atoms with Gasteiger partial charge in [-0.25, -0.2) is 4.79 Å². The quantitative estimate of drug-likeness (QED) is 0.115. The maximum Gasteiger partial charge on any atom is 0.379 e. The molecule has 0 saturated heterocycles. The fourth-order valence-corrected chi connectivity index (χ4v) is 6.12. The van der Waals surface area contributed by atoms with E-state index in [-0.39, 0.29) is 16.2 Å². The van der Waals surface area contributed by atoms with Crippen LogP contribution in [0.5, 0.6) is 5.75 Å². The highest BCUT2D eigenvalue weighted by atomic mass is 127. The van der Waals surface area contributed by atoms with Gasteiger partial charge in [0.2, 0.25) is 5.76 Å². The minimum atomic E-state index is -0.491. The van der Waals surface area contributed by atoms with E-state index < -0.39 is 5.97 Å². The lowest BCUT2D eigenvalue weighted by Gasteiger charge is -2.02. The van der Waals surface area contributed by atoms with Gasteiger partial charge in [0.15, 0.2) is 14.3 Å². The lowest BCUT2D eigenvalue weighted by atomic mass is 10.2. The number of carbonyl (C=O) groups is 1. The Balaban J connectivity index is 1.53. The van der Waals surface area contributed by atoms with E-state index >= 15 is 0 Å². The Bertz CT molecular complexity index is 1260. The second-order valence-corrected chi connectivity index (χ2v) is 9.50. The molecule has 3 aromatic carbocycles. The monoisotopic (exact) mass is 497 g/mol. The van der Waals surface area contributed by atoms with E-state index in [1.165, 1.54) is 31.3 Å². The molecule has 0 unspecified atom stereocenters. The Morgan fingerprint density at radius 2 is 1.46 bits per heavy atom. The summed E-state index contributed by atoms with van der Waals surface area (Å²) in [5.41, 5.74) is 0. The number of carbonyl (C=O) groups excluding carboxylic acids is 1. The Labute approximate surface area is 177 Å². The molecule has 5 rings (SSSR count). The van der Waals surface area contributed by atoms with Crippen LogP contribution in [0.3, 0.4) is 0 Å². The Morgan fingerprint density at radius 3 is 2.04 bits per heavy atom. The number of furan rings is 1. The first-order valence-corrected chi connectivity index (χ1v) is 11.0. The average molecular weight is 497 g/mol. The highest BCUT2D eigenvalue weighted by Gasteiger charge is 2.23. The Morgan fingerprint density at radius 1 is 0.857 bits per heavy atom. The maximum atomic E-state index is 12.2. The zero-order chi connectivity index (χ0) is 19.1. The maximum absolute atomic E-state index is 12.2. The van der Waals surface area contributed by atoms with Crippen LogP contribution in [0.15, 0.2) is 89.5 Å². The van der Waals surface area contributed by atoms with Gasteiger partial charge in [0.05, 0.1) is 3.57 Å². The van der Waals surface area contributed by atoms with E-state index in [1.54, 1.807) is 6.07 Å². The van der Waals surface area contributed by atoms with Gasteiger partial charge >= 0.3 is 5.97 Å². The van der Waals surface area contributed by atoms with Gasteiger partial charge in [-0.15, -0.1) is 0 Å². The number of hydrogen-bond acceptors (Lipinski definition) is 3. The van der Waals surface area contributed by atoms with Crippen molar-refractivity contribution in [2.75, 3.05) is 0 Å². The number of fused-ring (bicyclic) bond motifs is 3. The first-order valence-electron chi connectivity index (χ1n) is 8.70. The molecule has 5 heteroatoms. The third-order valence-corrected chi connectivity index (χ3v) is 7.44. The van der Waals surface area contributed by atoms with Crippen molar-refractivity contribution in [2.45, 2.75) is 0 Å². The number of benzene rings is 3. The smallest absolute Gasteiger partial charge is 0.379 e. The second-order valence-electron chi connectivity index (χ2n) is 6.29. The van der Waals surface area contributed by atoms with Crippen LogP contribution in [0.25, 0.3) is 25.1 Å². The lowest BCUT2D eigenvalue weighted by molar-refractivity contribution is 0.0701. The van der Waals surface area contributed by atoms with Crippen LogP contribution in [0, 0.1) is 3.57 Å². The minimum absolute atomic E-state index is 0.154. The van der Waals surface area contributed by atoms with Crippen molar-refractivity contribution in [1.29, 1.82) is 0 Å². The molecule has 0 aliphatic rings. The van der Waals surface area contributed by atoms with Crippen molar-refractivity contribution in [3.63, 3.8) is 0 Å². The summed E-state index contributed by atoms with van der Waals surface area (Å²) >= 11 is 2.09. The van der Waals surface area contributed by atoms with E-state index in [2.05, 4.69) is 71.1 Å². The first kappa shape index (κ1) is 17.5. The molecule has 136 valence electrons. The molecular weight excluding hydrogens is 483 g/mol. The zero-order valence-electron chi connectivity index (χ0n) is 14.6. The van der Waals surface area contributed by atoms with E-state index in [0.717, 1.165) is 3.57 Å². The summed E-state index contributed by atoms with van der Waals surface area (Å²) in [4.78, 5) is 13.4. The molecule has 0 spiro atoms. The van der Waals surface area contributed by atoms with Crippen molar-refractivity contribution in [2.24, 2.45) is 0 Å². The largest absolute Gasteiger partial charge is 0.456 e. The molecule has 0 aliphatic heterocycles. The Kier molecular flexibility index (Phi) is 4.41. The number of esters is 1. The molecule has 2 aromatic heterocycles. The van der Waals surface area contributed by atoms with E-state index in [9.17, 15) is 4.79 Å². The SMILES string of the molecule is O=C(Oc1ccc(-[s+]2c3ccccc3c3ccccc32)cc1)c1cc(I)co1. The lowest BCUT2D eigenvalue weighted by Crippen LogP contribution is -2.06. The summed E-state index contributed by atoms with van der Waals surface area (Å²) in [6.07, 6.45) is 1.52. The van der Waals surface area contributed by atoms with Crippen LogP contribution in [0.4, 0.5) is 0 Å². The van der Waals surface area contributed by atoms with Crippen molar-refractivity contribution >= 4 is 59.2 Å². The predicted octanol–water partition coefficient (Wildman–Crippen LogP) is 7.15. The number of ether oxygens (including phenoxy) is 1. The highest BCUT2D eigenvalue weighted by Crippen LogP contribution is 2.48. The third kappa shape index (κ3) is 3.00. The van der Waals surface area contributed by atoms with Gasteiger partial charge in [-0.05, 0) is 59.0 Å². The standard InChI is InChI=1S/C23H14IO3S/c24-15-13-20(26-14-15)23(25)27-16-9-11-17(12-10-16)28-21-7-3-1-5-18(21)19-6-2-4-8-22(19)28/h1-14H/q+1. The number of thiophene rings is 1. The van der Waals surface area contributed by atoms with Crippen LogP contribution in [-0.4, -0.2) is 5.97 Å². The highest BCUT2D eigenvalue weighted by molar-refractivity contribution is 14.1. The zero-order valence-corrected chi connectivity index (χ0v) is 17.6. The van der Waals surface area contributed by atoms with Crippen molar-refractivity contribution in [1.82, 2.24) is 0 Å². The number of rotatable bonds is 3. The molecule has 5 aromatic rings. The van der Waals surface area contributed by atoms with Crippen molar-refractivity contribution < 1.29 is 13.9 Å². The molecule has 0 fully saturated rings. The molecular formula is C23H14IO3S+. The molecule has 0 bridgehead atoms. The van der Waals surface area contributed by atoms with Crippen LogP contribution < -0.4 is 4.74 Å². The van der Waals surface area contributed by atoms with Gasteiger partial charge in [-0.1, -0.05) is 24.3 Å². The topological polar surface area (TPSA) is 39.4 Å². The fourth-order valence-electron chi connectivity index (χ4n) is 3.33. The summed E-state index contributed by atoms with van der Waals surface area (Å²) < 4.78 is 14.2. The molecule has 28 heavy (non-hydrogen) atoms. The van der Waals surface area contributed by atoms with E-state index in [4.69, 9.17) is 9.15 Å². The van der Waals surface area contributed by atoms with Gasteiger partial charge < -0.3 is 9.15 Å². The van der Waals surface area contributed by atoms with Crippen molar-refractivity contribution in [3.8, 4) is 10.6 Å². The molecule has 0 radical (unpaired) electrons. The van der Waals surface area contributed by atoms with Gasteiger partial charge in [0.1, 0.15) is 12.0 Å². The fraction of sp³-hybridized carbons (Fsp3) is 0.